The molecule has 144 valence electrons. The van der Waals surface area contributed by atoms with Crippen molar-refractivity contribution in [3.05, 3.63) is 30.1 Å². The zero-order valence-electron chi connectivity index (χ0n) is 16.2. The van der Waals surface area contributed by atoms with E-state index >= 15 is 0 Å². The van der Waals surface area contributed by atoms with Crippen LogP contribution in [0.1, 0.15) is 50.7 Å². The van der Waals surface area contributed by atoms with E-state index < -0.39 is 6.10 Å². The molecule has 5 nitrogen and oxygen atoms in total. The minimum absolute atomic E-state index is 0.207. The molecule has 2 aromatic heterocycles. The lowest BCUT2D eigenvalue weighted by atomic mass is 9.92. The average molecular weight is 386 g/mol. The molecule has 0 amide bonds. The summed E-state index contributed by atoms with van der Waals surface area (Å²) in [6, 6.07) is 6.79. The molecule has 1 N–H and O–H groups in total. The van der Waals surface area contributed by atoms with Crippen molar-refractivity contribution in [1.82, 2.24) is 14.9 Å². The largest absolute Gasteiger partial charge is 0.474 e. The first-order valence-electron chi connectivity index (χ1n) is 9.75. The van der Waals surface area contributed by atoms with Crippen molar-refractivity contribution < 1.29 is 9.84 Å². The van der Waals surface area contributed by atoms with Gasteiger partial charge >= 0.3 is 0 Å². The number of aliphatic hydroxyl groups excluding tert-OH is 1. The van der Waals surface area contributed by atoms with Crippen molar-refractivity contribution in [2.75, 3.05) is 14.1 Å². The van der Waals surface area contributed by atoms with Gasteiger partial charge in [0.25, 0.3) is 0 Å². The van der Waals surface area contributed by atoms with Crippen molar-refractivity contribution in [3.63, 3.8) is 0 Å². The van der Waals surface area contributed by atoms with E-state index in [0.29, 0.717) is 18.3 Å². The van der Waals surface area contributed by atoms with Crippen molar-refractivity contribution >= 4 is 31.6 Å². The molecule has 27 heavy (non-hydrogen) atoms. The number of nitrogens with zero attached hydrogens (tertiary/aromatic N) is 3. The molecular weight excluding hydrogens is 358 g/mol. The third-order valence-corrected chi connectivity index (χ3v) is 6.76. The maximum Gasteiger partial charge on any atom is 0.226 e. The summed E-state index contributed by atoms with van der Waals surface area (Å²) in [5.74, 6) is 0.683. The standard InChI is InChI=1S/C21H27N3O2S/c1-4-17(25)13-5-10-18-16(11-13)19-20(22-12-23-21(19)27-18)26-15-8-6-14(7-9-15)24(2)3/h5,10-12,14-15,17,25H,4,6-9H2,1-3H3/t14?,15?,17-/m1/s1. The minimum Gasteiger partial charge on any atom is -0.474 e. The first-order chi connectivity index (χ1) is 13.1. The summed E-state index contributed by atoms with van der Waals surface area (Å²) < 4.78 is 7.52. The van der Waals surface area contributed by atoms with Crippen LogP contribution in [0.4, 0.5) is 0 Å². The lowest BCUT2D eigenvalue weighted by molar-refractivity contribution is 0.108. The number of thiophene rings is 1. The highest BCUT2D eigenvalue weighted by molar-refractivity contribution is 7.25. The lowest BCUT2D eigenvalue weighted by Crippen LogP contribution is -2.35. The molecule has 1 fully saturated rings. The van der Waals surface area contributed by atoms with E-state index in [2.05, 4.69) is 41.1 Å². The number of aromatic nitrogens is 2. The monoisotopic (exact) mass is 385 g/mol. The van der Waals surface area contributed by atoms with Crippen LogP contribution >= 0.6 is 11.3 Å². The van der Waals surface area contributed by atoms with Crippen LogP contribution in [0.15, 0.2) is 24.5 Å². The van der Waals surface area contributed by atoms with Gasteiger partial charge in [-0.1, -0.05) is 13.0 Å². The molecule has 0 radical (unpaired) electrons. The van der Waals surface area contributed by atoms with Gasteiger partial charge in [-0.3, -0.25) is 0 Å². The van der Waals surface area contributed by atoms with Crippen LogP contribution in [0.25, 0.3) is 20.3 Å². The summed E-state index contributed by atoms with van der Waals surface area (Å²) in [6.07, 6.45) is 6.47. The molecule has 1 saturated carbocycles. The average Bonchev–Trinajstić information content (AvgIpc) is 3.06. The molecule has 3 aromatic rings. The Bertz CT molecular complexity index is 932. The summed E-state index contributed by atoms with van der Waals surface area (Å²) in [5, 5.41) is 12.3. The molecule has 1 atom stereocenters. The Morgan fingerprint density at radius 1 is 1.22 bits per heavy atom. The maximum atomic E-state index is 10.2. The molecular formula is C21H27N3O2S. The maximum absolute atomic E-state index is 10.2. The molecule has 0 aliphatic heterocycles. The SMILES string of the molecule is CC[C@@H](O)c1ccc2sc3ncnc(OC4CCC(N(C)C)CC4)c3c2c1. The predicted octanol–water partition coefficient (Wildman–Crippen LogP) is 4.54. The summed E-state index contributed by atoms with van der Waals surface area (Å²) >= 11 is 1.65. The normalized spacial score (nSPS) is 21.8. The summed E-state index contributed by atoms with van der Waals surface area (Å²) in [5.41, 5.74) is 0.936. The number of aliphatic hydroxyl groups is 1. The van der Waals surface area contributed by atoms with E-state index in [-0.39, 0.29) is 6.10 Å². The molecule has 6 heteroatoms. The van der Waals surface area contributed by atoms with E-state index in [0.717, 1.165) is 51.5 Å². The van der Waals surface area contributed by atoms with Gasteiger partial charge in [0.2, 0.25) is 5.88 Å². The number of hydrogen-bond donors (Lipinski definition) is 1. The van der Waals surface area contributed by atoms with E-state index in [4.69, 9.17) is 4.74 Å². The molecule has 0 spiro atoms. The molecule has 0 unspecified atom stereocenters. The quantitative estimate of drug-likeness (QED) is 0.699. The van der Waals surface area contributed by atoms with E-state index in [1.165, 1.54) is 0 Å². The fourth-order valence-electron chi connectivity index (χ4n) is 3.97. The van der Waals surface area contributed by atoms with Gasteiger partial charge in [0, 0.05) is 16.1 Å². The Morgan fingerprint density at radius 3 is 2.70 bits per heavy atom. The van der Waals surface area contributed by atoms with Crippen molar-refractivity contribution in [2.45, 2.75) is 57.3 Å². The van der Waals surface area contributed by atoms with Crippen LogP contribution in [-0.2, 0) is 0 Å². The highest BCUT2D eigenvalue weighted by atomic mass is 32.1. The molecule has 1 aliphatic carbocycles. The second kappa shape index (κ2) is 7.70. The Morgan fingerprint density at radius 2 is 2.00 bits per heavy atom. The fraction of sp³-hybridized carbons (Fsp3) is 0.524. The van der Waals surface area contributed by atoms with Crippen molar-refractivity contribution in [2.24, 2.45) is 0 Å². The topological polar surface area (TPSA) is 58.5 Å². The first kappa shape index (κ1) is 18.6. The van der Waals surface area contributed by atoms with Gasteiger partial charge in [0.1, 0.15) is 17.3 Å². The summed E-state index contributed by atoms with van der Waals surface area (Å²) in [6.45, 7) is 1.99. The highest BCUT2D eigenvalue weighted by Crippen LogP contribution is 2.39. The van der Waals surface area contributed by atoms with Gasteiger partial charge in [-0.2, -0.15) is 0 Å². The predicted molar refractivity (Wildman–Crippen MR) is 111 cm³/mol. The molecule has 2 heterocycles. The number of rotatable bonds is 5. The Labute approximate surface area is 164 Å². The Hall–Kier alpha value is -1.76. The molecule has 0 bridgehead atoms. The Balaban J connectivity index is 1.66. The minimum atomic E-state index is -0.445. The fourth-order valence-corrected chi connectivity index (χ4v) is 4.98. The van der Waals surface area contributed by atoms with Crippen LogP contribution < -0.4 is 4.74 Å². The molecule has 1 aliphatic rings. The van der Waals surface area contributed by atoms with Crippen LogP contribution in [0.3, 0.4) is 0 Å². The third kappa shape index (κ3) is 3.66. The second-order valence-corrected chi connectivity index (χ2v) is 8.68. The zero-order valence-corrected chi connectivity index (χ0v) is 17.0. The summed E-state index contributed by atoms with van der Waals surface area (Å²) in [7, 11) is 4.30. The van der Waals surface area contributed by atoms with Crippen LogP contribution in [-0.4, -0.2) is 46.2 Å². The van der Waals surface area contributed by atoms with Crippen LogP contribution in [0, 0.1) is 0 Å². The summed E-state index contributed by atoms with van der Waals surface area (Å²) in [4.78, 5) is 12.2. The van der Waals surface area contributed by atoms with E-state index in [9.17, 15) is 5.11 Å². The van der Waals surface area contributed by atoms with Crippen LogP contribution in [0.5, 0.6) is 5.88 Å². The van der Waals surface area contributed by atoms with Crippen molar-refractivity contribution in [3.8, 4) is 5.88 Å². The van der Waals surface area contributed by atoms with Gasteiger partial charge in [-0.15, -0.1) is 11.3 Å². The van der Waals surface area contributed by atoms with Gasteiger partial charge in [0.05, 0.1) is 11.5 Å². The number of benzene rings is 1. The van der Waals surface area contributed by atoms with Gasteiger partial charge < -0.3 is 14.7 Å². The van der Waals surface area contributed by atoms with Crippen LogP contribution in [0.2, 0.25) is 0 Å². The zero-order chi connectivity index (χ0) is 19.0. The molecule has 4 rings (SSSR count). The van der Waals surface area contributed by atoms with Crippen molar-refractivity contribution in [1.29, 1.82) is 0 Å². The third-order valence-electron chi connectivity index (χ3n) is 5.68. The van der Waals surface area contributed by atoms with Gasteiger partial charge in [-0.25, -0.2) is 9.97 Å². The van der Waals surface area contributed by atoms with Gasteiger partial charge in [0.15, 0.2) is 0 Å². The number of hydrogen-bond acceptors (Lipinski definition) is 6. The highest BCUT2D eigenvalue weighted by Gasteiger charge is 2.25. The van der Waals surface area contributed by atoms with E-state index in [1.807, 2.05) is 13.0 Å². The first-order valence-corrected chi connectivity index (χ1v) is 10.6. The number of fused-ring (bicyclic) bond motifs is 3. The lowest BCUT2D eigenvalue weighted by Gasteiger charge is -2.32. The molecule has 1 aromatic carbocycles. The Kier molecular flexibility index (Phi) is 5.30. The molecule has 0 saturated heterocycles. The number of ether oxygens (including phenoxy) is 1. The smallest absolute Gasteiger partial charge is 0.226 e. The van der Waals surface area contributed by atoms with Gasteiger partial charge in [-0.05, 0) is 63.9 Å². The second-order valence-electron chi connectivity index (χ2n) is 7.65. The van der Waals surface area contributed by atoms with E-state index in [1.54, 1.807) is 17.7 Å².